The van der Waals surface area contributed by atoms with E-state index in [9.17, 15) is 8.42 Å². The molecule has 134 valence electrons. The fourth-order valence-electron chi connectivity index (χ4n) is 2.33. The molecule has 1 heterocycles. The van der Waals surface area contributed by atoms with Gasteiger partial charge in [-0.1, -0.05) is 35.4 Å². The van der Waals surface area contributed by atoms with Crippen LogP contribution in [0.4, 0.5) is 0 Å². The SMILES string of the molecule is COc1cc(Cl)c(Oc2ccccn2)cc1S(=O)(=O)c1ccc(C)cc1. The number of hydrogen-bond acceptors (Lipinski definition) is 5. The molecule has 0 aliphatic rings. The van der Waals surface area contributed by atoms with E-state index in [0.29, 0.717) is 5.88 Å². The maximum atomic E-state index is 13.0. The van der Waals surface area contributed by atoms with Crippen LogP contribution in [0.3, 0.4) is 0 Å². The van der Waals surface area contributed by atoms with E-state index in [4.69, 9.17) is 21.1 Å². The van der Waals surface area contributed by atoms with Crippen LogP contribution in [0.15, 0.2) is 70.6 Å². The topological polar surface area (TPSA) is 65.5 Å². The molecule has 0 saturated carbocycles. The molecule has 0 aliphatic carbocycles. The summed E-state index contributed by atoms with van der Waals surface area (Å²) in [5.41, 5.74) is 0.964. The van der Waals surface area contributed by atoms with Crippen molar-refractivity contribution in [3.05, 3.63) is 71.4 Å². The number of aryl methyl sites for hydroxylation is 1. The molecule has 0 atom stereocenters. The summed E-state index contributed by atoms with van der Waals surface area (Å²) in [7, 11) is -2.43. The number of pyridine rings is 1. The van der Waals surface area contributed by atoms with Gasteiger partial charge in [-0.3, -0.25) is 0 Å². The fourth-order valence-corrected chi connectivity index (χ4v) is 3.94. The minimum atomic E-state index is -3.81. The summed E-state index contributed by atoms with van der Waals surface area (Å²) < 4.78 is 37.0. The van der Waals surface area contributed by atoms with Crippen LogP contribution >= 0.6 is 11.6 Å². The Morgan fingerprint density at radius 1 is 1.00 bits per heavy atom. The zero-order valence-electron chi connectivity index (χ0n) is 14.1. The Morgan fingerprint density at radius 3 is 2.35 bits per heavy atom. The first kappa shape index (κ1) is 18.2. The van der Waals surface area contributed by atoms with Crippen molar-refractivity contribution in [3.63, 3.8) is 0 Å². The van der Waals surface area contributed by atoms with Crippen molar-refractivity contribution in [1.82, 2.24) is 4.98 Å². The predicted octanol–water partition coefficient (Wildman–Crippen LogP) is 4.68. The first-order valence-corrected chi connectivity index (χ1v) is 9.56. The number of rotatable bonds is 5. The first-order valence-electron chi connectivity index (χ1n) is 7.70. The highest BCUT2D eigenvalue weighted by Crippen LogP contribution is 2.39. The lowest BCUT2D eigenvalue weighted by atomic mass is 10.2. The molecule has 0 bridgehead atoms. The zero-order valence-corrected chi connectivity index (χ0v) is 15.7. The molecule has 0 aliphatic heterocycles. The van der Waals surface area contributed by atoms with Gasteiger partial charge < -0.3 is 9.47 Å². The summed E-state index contributed by atoms with van der Waals surface area (Å²) in [5, 5.41) is 0.218. The number of hydrogen-bond donors (Lipinski definition) is 0. The summed E-state index contributed by atoms with van der Waals surface area (Å²) in [6.07, 6.45) is 1.57. The number of sulfone groups is 1. The Morgan fingerprint density at radius 2 is 1.73 bits per heavy atom. The Hall–Kier alpha value is -2.57. The summed E-state index contributed by atoms with van der Waals surface area (Å²) in [5.74, 6) is 0.624. The number of nitrogens with zero attached hydrogens (tertiary/aromatic N) is 1. The maximum absolute atomic E-state index is 13.0. The van der Waals surface area contributed by atoms with E-state index in [-0.39, 0.29) is 26.3 Å². The molecule has 5 nitrogen and oxygen atoms in total. The molecule has 0 spiro atoms. The van der Waals surface area contributed by atoms with Crippen molar-refractivity contribution in [2.75, 3.05) is 7.11 Å². The summed E-state index contributed by atoms with van der Waals surface area (Å²) >= 11 is 6.22. The average molecular weight is 390 g/mol. The van der Waals surface area contributed by atoms with Gasteiger partial charge in [0.1, 0.15) is 16.4 Å². The molecule has 0 unspecified atom stereocenters. The van der Waals surface area contributed by atoms with Crippen molar-refractivity contribution >= 4 is 21.4 Å². The van der Waals surface area contributed by atoms with Gasteiger partial charge in [-0.25, -0.2) is 13.4 Å². The number of halogens is 1. The van der Waals surface area contributed by atoms with E-state index in [1.54, 1.807) is 48.7 Å². The highest BCUT2D eigenvalue weighted by Gasteiger charge is 2.25. The molecule has 3 aromatic rings. The van der Waals surface area contributed by atoms with Crippen molar-refractivity contribution in [3.8, 4) is 17.4 Å². The van der Waals surface area contributed by atoms with E-state index in [2.05, 4.69) is 4.98 Å². The van der Waals surface area contributed by atoms with Gasteiger partial charge in [-0.2, -0.15) is 0 Å². The minimum absolute atomic E-state index is 0.0285. The Balaban J connectivity index is 2.10. The van der Waals surface area contributed by atoms with Gasteiger partial charge in [0, 0.05) is 24.4 Å². The second-order valence-corrected chi connectivity index (χ2v) is 7.85. The van der Waals surface area contributed by atoms with Crippen molar-refractivity contribution in [2.45, 2.75) is 16.7 Å². The van der Waals surface area contributed by atoms with E-state index < -0.39 is 9.84 Å². The molecular formula is C19H16ClNO4S. The maximum Gasteiger partial charge on any atom is 0.219 e. The van der Waals surface area contributed by atoms with Crippen molar-refractivity contribution in [1.29, 1.82) is 0 Å². The highest BCUT2D eigenvalue weighted by molar-refractivity contribution is 7.91. The predicted molar refractivity (Wildman–Crippen MR) is 98.9 cm³/mol. The third kappa shape index (κ3) is 3.66. The lowest BCUT2D eigenvalue weighted by Gasteiger charge is -2.14. The van der Waals surface area contributed by atoms with Gasteiger partial charge in [0.25, 0.3) is 0 Å². The Kier molecular flexibility index (Phi) is 5.15. The fraction of sp³-hybridized carbons (Fsp3) is 0.105. The van der Waals surface area contributed by atoms with Crippen LogP contribution < -0.4 is 9.47 Å². The normalized spacial score (nSPS) is 11.2. The summed E-state index contributed by atoms with van der Waals surface area (Å²) in [4.78, 5) is 4.19. The molecule has 3 rings (SSSR count). The van der Waals surface area contributed by atoms with E-state index in [1.807, 2.05) is 6.92 Å². The van der Waals surface area contributed by atoms with E-state index in [0.717, 1.165) is 5.56 Å². The highest BCUT2D eigenvalue weighted by atomic mass is 35.5. The lowest BCUT2D eigenvalue weighted by Crippen LogP contribution is -2.05. The number of methoxy groups -OCH3 is 1. The number of aromatic nitrogens is 1. The quantitative estimate of drug-likeness (QED) is 0.634. The average Bonchev–Trinajstić information content (AvgIpc) is 2.64. The molecule has 2 aromatic carbocycles. The van der Waals surface area contributed by atoms with Crippen LogP contribution in [0.5, 0.6) is 17.4 Å². The molecule has 0 saturated heterocycles. The van der Waals surface area contributed by atoms with Gasteiger partial charge >= 0.3 is 0 Å². The third-order valence-electron chi connectivity index (χ3n) is 3.69. The van der Waals surface area contributed by atoms with Crippen LogP contribution in [0.2, 0.25) is 5.02 Å². The van der Waals surface area contributed by atoms with Gasteiger partial charge in [-0.05, 0) is 25.1 Å². The van der Waals surface area contributed by atoms with Crippen LogP contribution in [-0.2, 0) is 9.84 Å². The van der Waals surface area contributed by atoms with Crippen LogP contribution in [0, 0.1) is 6.92 Å². The lowest BCUT2D eigenvalue weighted by molar-refractivity contribution is 0.399. The Bertz CT molecular complexity index is 1020. The zero-order chi connectivity index (χ0) is 18.7. The molecule has 1 aromatic heterocycles. The Labute approximate surface area is 157 Å². The second-order valence-electron chi connectivity index (χ2n) is 5.52. The van der Waals surface area contributed by atoms with Gasteiger partial charge in [0.05, 0.1) is 17.0 Å². The van der Waals surface area contributed by atoms with Gasteiger partial charge in [-0.15, -0.1) is 0 Å². The van der Waals surface area contributed by atoms with Crippen LogP contribution in [-0.4, -0.2) is 20.5 Å². The minimum Gasteiger partial charge on any atom is -0.495 e. The molecular weight excluding hydrogens is 374 g/mol. The first-order chi connectivity index (χ1) is 12.4. The van der Waals surface area contributed by atoms with Gasteiger partial charge in [0.2, 0.25) is 15.7 Å². The molecule has 0 amide bonds. The van der Waals surface area contributed by atoms with Crippen molar-refractivity contribution < 1.29 is 17.9 Å². The summed E-state index contributed by atoms with van der Waals surface area (Å²) in [6.45, 7) is 1.89. The molecule has 26 heavy (non-hydrogen) atoms. The summed E-state index contributed by atoms with van der Waals surface area (Å²) in [6, 6.07) is 14.5. The number of ether oxygens (including phenoxy) is 2. The van der Waals surface area contributed by atoms with Crippen molar-refractivity contribution in [2.24, 2.45) is 0 Å². The van der Waals surface area contributed by atoms with Crippen LogP contribution in [0.25, 0.3) is 0 Å². The largest absolute Gasteiger partial charge is 0.495 e. The standard InChI is InChI=1S/C19H16ClNO4S/c1-13-6-8-14(9-7-13)26(22,23)18-12-16(15(20)11-17(18)24-2)25-19-5-3-4-10-21-19/h3-12H,1-2H3. The molecule has 0 N–H and O–H groups in total. The smallest absolute Gasteiger partial charge is 0.219 e. The second kappa shape index (κ2) is 7.35. The molecule has 7 heteroatoms. The third-order valence-corrected chi connectivity index (χ3v) is 5.78. The van der Waals surface area contributed by atoms with E-state index >= 15 is 0 Å². The van der Waals surface area contributed by atoms with Gasteiger partial charge in [0.15, 0.2) is 0 Å². The van der Waals surface area contributed by atoms with Crippen LogP contribution in [0.1, 0.15) is 5.56 Å². The molecule has 0 fully saturated rings. The monoisotopic (exact) mass is 389 g/mol. The van der Waals surface area contributed by atoms with E-state index in [1.165, 1.54) is 19.2 Å². The number of benzene rings is 2. The molecule has 0 radical (unpaired) electrons.